The molecule has 1 unspecified atom stereocenters. The highest BCUT2D eigenvalue weighted by molar-refractivity contribution is 9.10. The molecule has 0 aliphatic heterocycles. The van der Waals surface area contributed by atoms with E-state index in [9.17, 15) is 0 Å². The van der Waals surface area contributed by atoms with Gasteiger partial charge in [0, 0.05) is 10.4 Å². The number of rotatable bonds is 5. The molecule has 1 nitrogen and oxygen atoms in total. The van der Waals surface area contributed by atoms with Crippen molar-refractivity contribution < 1.29 is 4.74 Å². The molecule has 0 saturated heterocycles. The van der Waals surface area contributed by atoms with E-state index in [1.165, 1.54) is 5.56 Å². The molecular weight excluding hydrogens is 336 g/mol. The molecule has 2 rings (SSSR count). The number of hydrogen-bond acceptors (Lipinski definition) is 1. The molecule has 0 bridgehead atoms. The predicted molar refractivity (Wildman–Crippen MR) is 88.9 cm³/mol. The molecule has 0 spiro atoms. The molecule has 0 amide bonds. The first-order valence-corrected chi connectivity index (χ1v) is 8.09. The summed E-state index contributed by atoms with van der Waals surface area (Å²) in [6.07, 6.45) is 1.15. The molecule has 1 atom stereocenters. The number of ether oxygens (including phenoxy) is 1. The fourth-order valence-electron chi connectivity index (χ4n) is 1.94. The van der Waals surface area contributed by atoms with Crippen LogP contribution in [0.4, 0.5) is 0 Å². The monoisotopic (exact) mass is 352 g/mol. The Balaban J connectivity index is 2.12. The first kappa shape index (κ1) is 15.4. The minimum absolute atomic E-state index is 0.491. The lowest BCUT2D eigenvalue weighted by Gasteiger charge is -2.11. The average molecular weight is 354 g/mol. The van der Waals surface area contributed by atoms with Crippen LogP contribution < -0.4 is 4.74 Å². The smallest absolute Gasteiger partial charge is 0.128 e. The van der Waals surface area contributed by atoms with Crippen LogP contribution in [-0.4, -0.2) is 0 Å². The van der Waals surface area contributed by atoms with Crippen molar-refractivity contribution in [3.8, 4) is 11.5 Å². The van der Waals surface area contributed by atoms with E-state index in [4.69, 9.17) is 16.3 Å². The maximum Gasteiger partial charge on any atom is 0.128 e. The van der Waals surface area contributed by atoms with Crippen molar-refractivity contribution in [2.24, 2.45) is 0 Å². The fraction of sp³-hybridized carbons (Fsp3) is 0.294. The third kappa shape index (κ3) is 3.77. The fourth-order valence-corrected chi connectivity index (χ4v) is 2.83. The summed E-state index contributed by atoms with van der Waals surface area (Å²) in [4.78, 5) is 0. The van der Waals surface area contributed by atoms with Gasteiger partial charge in [0.1, 0.15) is 11.5 Å². The Morgan fingerprint density at radius 3 is 2.30 bits per heavy atom. The summed E-state index contributed by atoms with van der Waals surface area (Å²) < 4.78 is 6.83. The third-order valence-electron chi connectivity index (χ3n) is 3.47. The average Bonchev–Trinajstić information content (AvgIpc) is 2.47. The van der Waals surface area contributed by atoms with Crippen LogP contribution in [0.3, 0.4) is 0 Å². The Hall–Kier alpha value is -0.990. The van der Waals surface area contributed by atoms with E-state index < -0.39 is 0 Å². The summed E-state index contributed by atoms with van der Waals surface area (Å²) in [5, 5.41) is 0. The minimum atomic E-state index is 0.491. The molecule has 0 heterocycles. The van der Waals surface area contributed by atoms with Gasteiger partial charge >= 0.3 is 0 Å². The number of halogens is 2. The molecule has 2 aromatic carbocycles. The molecule has 0 N–H and O–H groups in total. The van der Waals surface area contributed by atoms with E-state index in [1.807, 2.05) is 30.3 Å². The second-order valence-corrected chi connectivity index (χ2v) is 5.99. The largest absolute Gasteiger partial charge is 0.457 e. The molecule has 0 saturated carbocycles. The normalized spacial score (nSPS) is 12.2. The second kappa shape index (κ2) is 7.14. The summed E-state index contributed by atoms with van der Waals surface area (Å²) in [5.41, 5.74) is 2.41. The van der Waals surface area contributed by atoms with Crippen LogP contribution in [0.2, 0.25) is 0 Å². The molecule has 0 radical (unpaired) electrons. The van der Waals surface area contributed by atoms with Crippen molar-refractivity contribution >= 4 is 27.5 Å². The molecule has 0 aliphatic carbocycles. The lowest BCUT2D eigenvalue weighted by atomic mass is 9.99. The zero-order chi connectivity index (χ0) is 14.5. The highest BCUT2D eigenvalue weighted by atomic mass is 79.9. The maximum absolute atomic E-state index is 5.85. The summed E-state index contributed by atoms with van der Waals surface area (Å²) in [6.45, 7) is 4.43. The first-order valence-electron chi connectivity index (χ1n) is 6.76. The van der Waals surface area contributed by atoms with Gasteiger partial charge in [0.15, 0.2) is 0 Å². The van der Waals surface area contributed by atoms with E-state index in [1.54, 1.807) is 0 Å². The Bertz CT molecular complexity index is 566. The van der Waals surface area contributed by atoms with Gasteiger partial charge in [0.05, 0.1) is 0 Å². The zero-order valence-electron chi connectivity index (χ0n) is 11.7. The lowest BCUT2D eigenvalue weighted by molar-refractivity contribution is 0.481. The Morgan fingerprint density at radius 1 is 1.10 bits per heavy atom. The Labute approximate surface area is 134 Å². The summed E-state index contributed by atoms with van der Waals surface area (Å²) in [5.74, 6) is 2.73. The zero-order valence-corrected chi connectivity index (χ0v) is 14.0. The van der Waals surface area contributed by atoms with E-state index >= 15 is 0 Å². The highest BCUT2D eigenvalue weighted by Gasteiger charge is 2.05. The van der Waals surface area contributed by atoms with E-state index in [0.29, 0.717) is 11.8 Å². The predicted octanol–water partition coefficient (Wildman–Crippen LogP) is 6.49. The first-order chi connectivity index (χ1) is 9.63. The van der Waals surface area contributed by atoms with Crippen LogP contribution >= 0.6 is 27.5 Å². The van der Waals surface area contributed by atoms with Crippen LogP contribution in [-0.2, 0) is 5.88 Å². The second-order valence-electron chi connectivity index (χ2n) is 4.87. The van der Waals surface area contributed by atoms with Gasteiger partial charge in [-0.15, -0.1) is 11.6 Å². The molecule has 106 valence electrons. The van der Waals surface area contributed by atoms with Crippen molar-refractivity contribution in [1.82, 2.24) is 0 Å². The van der Waals surface area contributed by atoms with Gasteiger partial charge in [-0.05, 0) is 47.7 Å². The Kier molecular flexibility index (Phi) is 5.50. The molecule has 20 heavy (non-hydrogen) atoms. The summed E-state index contributed by atoms with van der Waals surface area (Å²) >= 11 is 9.33. The van der Waals surface area contributed by atoms with Crippen molar-refractivity contribution in [2.75, 3.05) is 0 Å². The van der Waals surface area contributed by atoms with Gasteiger partial charge in [0.2, 0.25) is 0 Å². The van der Waals surface area contributed by atoms with Gasteiger partial charge in [-0.25, -0.2) is 0 Å². The minimum Gasteiger partial charge on any atom is -0.457 e. The third-order valence-corrected chi connectivity index (χ3v) is 4.49. The summed E-state index contributed by atoms with van der Waals surface area (Å²) in [7, 11) is 0. The van der Waals surface area contributed by atoms with Crippen LogP contribution in [0.5, 0.6) is 11.5 Å². The van der Waals surface area contributed by atoms with Crippen molar-refractivity contribution in [3.05, 3.63) is 58.1 Å². The number of benzene rings is 2. The highest BCUT2D eigenvalue weighted by Crippen LogP contribution is 2.29. The van der Waals surface area contributed by atoms with Crippen molar-refractivity contribution in [2.45, 2.75) is 32.1 Å². The molecule has 0 fully saturated rings. The van der Waals surface area contributed by atoms with Gasteiger partial charge in [-0.1, -0.05) is 48.0 Å². The quantitative estimate of drug-likeness (QED) is 0.558. The summed E-state index contributed by atoms with van der Waals surface area (Å²) in [6, 6.07) is 14.2. The van der Waals surface area contributed by atoms with Crippen LogP contribution in [0, 0.1) is 0 Å². The molecule has 0 aromatic heterocycles. The van der Waals surface area contributed by atoms with E-state index in [2.05, 4.69) is 41.9 Å². The molecule has 2 aromatic rings. The van der Waals surface area contributed by atoms with Crippen LogP contribution in [0.1, 0.15) is 37.3 Å². The molecular formula is C17H18BrClO. The maximum atomic E-state index is 5.85. The molecule has 0 aliphatic rings. The van der Waals surface area contributed by atoms with Gasteiger partial charge in [0.25, 0.3) is 0 Å². The van der Waals surface area contributed by atoms with Crippen LogP contribution in [0.25, 0.3) is 0 Å². The topological polar surface area (TPSA) is 9.23 Å². The number of hydrogen-bond donors (Lipinski definition) is 0. The SMILES string of the molecule is CCC(C)c1ccc(Oc2ccc(CCl)c(Br)c2)cc1. The van der Waals surface area contributed by atoms with Crippen molar-refractivity contribution in [3.63, 3.8) is 0 Å². The van der Waals surface area contributed by atoms with E-state index in [0.717, 1.165) is 28.0 Å². The van der Waals surface area contributed by atoms with E-state index in [-0.39, 0.29) is 0 Å². The van der Waals surface area contributed by atoms with Gasteiger partial charge in [-0.2, -0.15) is 0 Å². The van der Waals surface area contributed by atoms with Gasteiger partial charge in [-0.3, -0.25) is 0 Å². The van der Waals surface area contributed by atoms with Crippen LogP contribution in [0.15, 0.2) is 46.9 Å². The standard InChI is InChI=1S/C17H18BrClO/c1-3-12(2)13-4-7-15(8-5-13)20-16-9-6-14(11-19)17(18)10-16/h4-10,12H,3,11H2,1-2H3. The van der Waals surface area contributed by atoms with Crippen molar-refractivity contribution in [1.29, 1.82) is 0 Å². The molecule has 3 heteroatoms. The Morgan fingerprint density at radius 2 is 1.75 bits per heavy atom. The number of alkyl halides is 1. The lowest BCUT2D eigenvalue weighted by Crippen LogP contribution is -1.91. The van der Waals surface area contributed by atoms with Gasteiger partial charge < -0.3 is 4.74 Å².